The van der Waals surface area contributed by atoms with Crippen molar-refractivity contribution < 1.29 is 0 Å². The summed E-state index contributed by atoms with van der Waals surface area (Å²) in [6.45, 7) is 10.6. The molecule has 1 aromatic heterocycles. The first-order valence-corrected chi connectivity index (χ1v) is 6.96. The average Bonchev–Trinajstić information content (AvgIpc) is 2.72. The third-order valence-corrected chi connectivity index (χ3v) is 3.38. The van der Waals surface area contributed by atoms with E-state index in [0.29, 0.717) is 5.88 Å². The number of benzene rings is 1. The molecule has 4 heteroatoms. The van der Waals surface area contributed by atoms with Gasteiger partial charge in [-0.25, -0.2) is 0 Å². The van der Waals surface area contributed by atoms with E-state index in [4.69, 9.17) is 11.6 Å². The lowest BCUT2D eigenvalue weighted by molar-refractivity contribution is 0.390. The molecule has 0 radical (unpaired) electrons. The van der Waals surface area contributed by atoms with Gasteiger partial charge in [-0.15, -0.1) is 21.8 Å². The smallest absolute Gasteiger partial charge is 0.164 e. The van der Waals surface area contributed by atoms with Crippen molar-refractivity contribution in [3.63, 3.8) is 0 Å². The van der Waals surface area contributed by atoms with E-state index in [-0.39, 0.29) is 5.54 Å². The molecule has 0 bridgehead atoms. The number of aryl methyl sites for hydroxylation is 2. The predicted molar refractivity (Wildman–Crippen MR) is 79.5 cm³/mol. The fourth-order valence-corrected chi connectivity index (χ4v) is 2.52. The Morgan fingerprint density at radius 3 is 2.37 bits per heavy atom. The summed E-state index contributed by atoms with van der Waals surface area (Å²) in [5.41, 5.74) is 3.48. The molecule has 0 saturated carbocycles. The SMILES string of the molecule is Cc1ccc(-c2nnc(CCl)n2C(C)(C)C)c(C)c1. The largest absolute Gasteiger partial charge is 0.305 e. The molecule has 0 amide bonds. The van der Waals surface area contributed by atoms with Crippen LogP contribution in [-0.2, 0) is 11.4 Å². The van der Waals surface area contributed by atoms with Crippen molar-refractivity contribution in [2.75, 3.05) is 0 Å². The number of alkyl halides is 1. The Bertz CT molecular complexity index is 594. The van der Waals surface area contributed by atoms with Crippen molar-refractivity contribution >= 4 is 11.6 Å². The van der Waals surface area contributed by atoms with Crippen LogP contribution in [0.2, 0.25) is 0 Å². The zero-order valence-corrected chi connectivity index (χ0v) is 12.9. The molecule has 3 nitrogen and oxygen atoms in total. The van der Waals surface area contributed by atoms with Gasteiger partial charge in [0.2, 0.25) is 0 Å². The molecule has 0 atom stereocenters. The zero-order valence-electron chi connectivity index (χ0n) is 12.2. The fourth-order valence-electron chi connectivity index (χ4n) is 2.35. The van der Waals surface area contributed by atoms with Crippen LogP contribution in [0.5, 0.6) is 0 Å². The van der Waals surface area contributed by atoms with Gasteiger partial charge in [0.1, 0.15) is 5.82 Å². The van der Waals surface area contributed by atoms with Crippen LogP contribution in [0.3, 0.4) is 0 Å². The van der Waals surface area contributed by atoms with Crippen molar-refractivity contribution in [2.45, 2.75) is 46.0 Å². The highest BCUT2D eigenvalue weighted by atomic mass is 35.5. The third-order valence-electron chi connectivity index (χ3n) is 3.14. The maximum atomic E-state index is 5.98. The van der Waals surface area contributed by atoms with Gasteiger partial charge in [0.05, 0.1) is 5.88 Å². The summed E-state index contributed by atoms with van der Waals surface area (Å²) >= 11 is 5.98. The van der Waals surface area contributed by atoms with Crippen molar-refractivity contribution in [3.05, 3.63) is 35.2 Å². The Hall–Kier alpha value is -1.35. The van der Waals surface area contributed by atoms with Gasteiger partial charge in [-0.2, -0.15) is 0 Å². The van der Waals surface area contributed by atoms with E-state index in [1.807, 2.05) is 0 Å². The molecular weight excluding hydrogens is 258 g/mol. The zero-order chi connectivity index (χ0) is 14.2. The van der Waals surface area contributed by atoms with E-state index in [1.54, 1.807) is 0 Å². The van der Waals surface area contributed by atoms with Crippen LogP contribution in [-0.4, -0.2) is 14.8 Å². The quantitative estimate of drug-likeness (QED) is 0.775. The molecule has 0 N–H and O–H groups in total. The standard InChI is InChI=1S/C15H20ClN3/c1-10-6-7-12(11(2)8-10)14-18-17-13(9-16)19(14)15(3,4)5/h6-8H,9H2,1-5H3. The molecular formula is C15H20ClN3. The first-order valence-electron chi connectivity index (χ1n) is 6.43. The van der Waals surface area contributed by atoms with Crippen LogP contribution < -0.4 is 0 Å². The van der Waals surface area contributed by atoms with E-state index >= 15 is 0 Å². The first kappa shape index (κ1) is 14.1. The Kier molecular flexibility index (Phi) is 3.68. The van der Waals surface area contributed by atoms with E-state index in [9.17, 15) is 0 Å². The van der Waals surface area contributed by atoms with Gasteiger partial charge in [-0.1, -0.05) is 23.8 Å². The van der Waals surface area contributed by atoms with E-state index in [1.165, 1.54) is 11.1 Å². The van der Waals surface area contributed by atoms with Crippen LogP contribution in [0.1, 0.15) is 37.7 Å². The van der Waals surface area contributed by atoms with Crippen LogP contribution >= 0.6 is 11.6 Å². The summed E-state index contributed by atoms with van der Waals surface area (Å²) < 4.78 is 2.12. The molecule has 2 rings (SSSR count). The fraction of sp³-hybridized carbons (Fsp3) is 0.467. The summed E-state index contributed by atoms with van der Waals surface area (Å²) in [5.74, 6) is 2.07. The normalized spacial score (nSPS) is 11.9. The third kappa shape index (κ3) is 2.66. The highest BCUT2D eigenvalue weighted by molar-refractivity contribution is 6.16. The maximum Gasteiger partial charge on any atom is 0.164 e. The molecule has 1 aromatic carbocycles. The highest BCUT2D eigenvalue weighted by Crippen LogP contribution is 2.29. The molecule has 2 aromatic rings. The Balaban J connectivity index is 2.66. The molecule has 0 spiro atoms. The number of nitrogens with zero attached hydrogens (tertiary/aromatic N) is 3. The summed E-state index contributed by atoms with van der Waals surface area (Å²) in [6, 6.07) is 6.37. The number of halogens is 1. The van der Waals surface area contributed by atoms with Gasteiger partial charge in [0, 0.05) is 11.1 Å². The van der Waals surface area contributed by atoms with Gasteiger partial charge in [0.15, 0.2) is 5.82 Å². The van der Waals surface area contributed by atoms with Crippen molar-refractivity contribution in [2.24, 2.45) is 0 Å². The maximum absolute atomic E-state index is 5.98. The van der Waals surface area contributed by atoms with Crippen molar-refractivity contribution in [1.82, 2.24) is 14.8 Å². The minimum Gasteiger partial charge on any atom is -0.305 e. The number of hydrogen-bond donors (Lipinski definition) is 0. The second kappa shape index (κ2) is 4.97. The molecule has 0 unspecified atom stereocenters. The lowest BCUT2D eigenvalue weighted by Crippen LogP contribution is -2.25. The Labute approximate surface area is 119 Å². The molecule has 1 heterocycles. The number of rotatable bonds is 2. The second-order valence-corrected chi connectivity index (χ2v) is 6.17. The lowest BCUT2D eigenvalue weighted by Gasteiger charge is -2.25. The van der Waals surface area contributed by atoms with Gasteiger partial charge < -0.3 is 4.57 Å². The summed E-state index contributed by atoms with van der Waals surface area (Å²) in [4.78, 5) is 0. The minimum atomic E-state index is -0.0968. The van der Waals surface area contributed by atoms with Crippen molar-refractivity contribution in [1.29, 1.82) is 0 Å². The van der Waals surface area contributed by atoms with Crippen LogP contribution in [0.25, 0.3) is 11.4 Å². The molecule has 0 aliphatic rings. The molecule has 102 valence electrons. The van der Waals surface area contributed by atoms with Crippen molar-refractivity contribution in [3.8, 4) is 11.4 Å². The lowest BCUT2D eigenvalue weighted by atomic mass is 10.0. The Morgan fingerprint density at radius 2 is 1.84 bits per heavy atom. The van der Waals surface area contributed by atoms with Crippen LogP contribution in [0, 0.1) is 13.8 Å². The highest BCUT2D eigenvalue weighted by Gasteiger charge is 2.24. The number of aromatic nitrogens is 3. The average molecular weight is 278 g/mol. The predicted octanol–water partition coefficient (Wildman–Crippen LogP) is 4.06. The Morgan fingerprint density at radius 1 is 1.16 bits per heavy atom. The number of hydrogen-bond acceptors (Lipinski definition) is 2. The molecule has 0 aliphatic heterocycles. The summed E-state index contributed by atoms with van der Waals surface area (Å²) in [6.07, 6.45) is 0. The van der Waals surface area contributed by atoms with Crippen LogP contribution in [0.4, 0.5) is 0 Å². The van der Waals surface area contributed by atoms with E-state index in [2.05, 4.69) is 67.6 Å². The first-order chi connectivity index (χ1) is 8.84. The van der Waals surface area contributed by atoms with Gasteiger partial charge in [-0.3, -0.25) is 0 Å². The van der Waals surface area contributed by atoms with Crippen LogP contribution in [0.15, 0.2) is 18.2 Å². The molecule has 0 saturated heterocycles. The summed E-state index contributed by atoms with van der Waals surface area (Å²) in [5, 5.41) is 8.56. The molecule has 0 aliphatic carbocycles. The molecule has 19 heavy (non-hydrogen) atoms. The van der Waals surface area contributed by atoms with Gasteiger partial charge >= 0.3 is 0 Å². The van der Waals surface area contributed by atoms with Gasteiger partial charge in [0.25, 0.3) is 0 Å². The molecule has 0 fully saturated rings. The monoisotopic (exact) mass is 277 g/mol. The topological polar surface area (TPSA) is 30.7 Å². The second-order valence-electron chi connectivity index (χ2n) is 5.90. The van der Waals surface area contributed by atoms with E-state index in [0.717, 1.165) is 17.2 Å². The minimum absolute atomic E-state index is 0.0968. The van der Waals surface area contributed by atoms with Gasteiger partial charge in [-0.05, 0) is 40.2 Å². The summed E-state index contributed by atoms with van der Waals surface area (Å²) in [7, 11) is 0. The van der Waals surface area contributed by atoms with E-state index < -0.39 is 0 Å².